The highest BCUT2D eigenvalue weighted by Crippen LogP contribution is 2.35. The molecule has 0 amide bonds. The molecule has 4 rings (SSSR count). The fourth-order valence-corrected chi connectivity index (χ4v) is 4.63. The average molecular weight is 523 g/mol. The fraction of sp³-hybridized carbons (Fsp3) is 0.240. The van der Waals surface area contributed by atoms with E-state index in [9.17, 15) is 4.55 Å². The SMILES string of the molecule is CC(C)(C)[S+]([O-])NC(Cc1ccc(C#N)cn1)c1ccccc1-c1noc2cc(Br)ccc12. The zero-order chi connectivity index (χ0) is 23.6. The number of aromatic nitrogens is 2. The smallest absolute Gasteiger partial charge is 0.168 e. The van der Waals surface area contributed by atoms with Crippen LogP contribution in [0.15, 0.2) is 69.8 Å². The Kier molecular flexibility index (Phi) is 6.86. The Morgan fingerprint density at radius 1 is 1.18 bits per heavy atom. The second-order valence-electron chi connectivity index (χ2n) is 8.66. The van der Waals surface area contributed by atoms with Crippen LogP contribution in [0.25, 0.3) is 22.2 Å². The highest BCUT2D eigenvalue weighted by molar-refractivity contribution is 9.10. The van der Waals surface area contributed by atoms with Crippen molar-refractivity contribution in [2.24, 2.45) is 0 Å². The monoisotopic (exact) mass is 522 g/mol. The maximum absolute atomic E-state index is 13.1. The summed E-state index contributed by atoms with van der Waals surface area (Å²) < 4.78 is 22.5. The van der Waals surface area contributed by atoms with E-state index in [1.807, 2.05) is 69.3 Å². The van der Waals surface area contributed by atoms with Crippen molar-refractivity contribution in [3.8, 4) is 17.3 Å². The summed E-state index contributed by atoms with van der Waals surface area (Å²) in [5.74, 6) is 0. The van der Waals surface area contributed by atoms with Gasteiger partial charge in [-0.2, -0.15) is 5.26 Å². The molecular weight excluding hydrogens is 500 g/mol. The van der Waals surface area contributed by atoms with E-state index in [0.717, 1.165) is 32.4 Å². The van der Waals surface area contributed by atoms with E-state index in [4.69, 9.17) is 9.78 Å². The second-order valence-corrected chi connectivity index (χ2v) is 11.6. The summed E-state index contributed by atoms with van der Waals surface area (Å²) >= 11 is 2.16. The molecule has 8 heteroatoms. The van der Waals surface area contributed by atoms with Crippen LogP contribution < -0.4 is 4.72 Å². The minimum atomic E-state index is -1.31. The molecule has 2 heterocycles. The fourth-order valence-electron chi connectivity index (χ4n) is 3.46. The summed E-state index contributed by atoms with van der Waals surface area (Å²) in [6.07, 6.45) is 2.05. The Morgan fingerprint density at radius 2 is 1.97 bits per heavy atom. The van der Waals surface area contributed by atoms with Crippen molar-refractivity contribution in [3.63, 3.8) is 0 Å². The molecule has 6 nitrogen and oxygen atoms in total. The molecular formula is C25H23BrN4O2S. The largest absolute Gasteiger partial charge is 0.598 e. The topological polar surface area (TPSA) is 97.8 Å². The van der Waals surface area contributed by atoms with E-state index in [0.29, 0.717) is 17.6 Å². The summed E-state index contributed by atoms with van der Waals surface area (Å²) in [4.78, 5) is 4.44. The standard InChI is InChI=1S/C25H23BrN4O2S/c1-25(2,3)33(31)30-22(13-18-10-8-16(14-27)15-28-18)19-6-4-5-7-20(19)24-21-11-9-17(26)12-23(21)32-29-24/h4-12,15,22,30H,13H2,1-3H3. The quantitative estimate of drug-likeness (QED) is 0.318. The van der Waals surface area contributed by atoms with Crippen LogP contribution in [0.5, 0.6) is 0 Å². The minimum Gasteiger partial charge on any atom is -0.598 e. The number of pyridine rings is 1. The van der Waals surface area contributed by atoms with Crippen molar-refractivity contribution in [3.05, 3.63) is 82.1 Å². The van der Waals surface area contributed by atoms with Crippen LogP contribution in [0.2, 0.25) is 0 Å². The molecule has 1 N–H and O–H groups in total. The number of hydrogen-bond acceptors (Lipinski definition) is 6. The van der Waals surface area contributed by atoms with E-state index < -0.39 is 16.1 Å². The number of hydrogen-bond donors (Lipinski definition) is 1. The van der Waals surface area contributed by atoms with Gasteiger partial charge in [0.05, 0.1) is 11.6 Å². The molecule has 4 aromatic rings. The Bertz CT molecular complexity index is 1310. The Morgan fingerprint density at radius 3 is 2.67 bits per heavy atom. The first-order chi connectivity index (χ1) is 15.8. The van der Waals surface area contributed by atoms with Gasteiger partial charge in [-0.15, -0.1) is 4.72 Å². The summed E-state index contributed by atoms with van der Waals surface area (Å²) in [6.45, 7) is 5.80. The average Bonchev–Trinajstić information content (AvgIpc) is 3.21. The Balaban J connectivity index is 1.78. The van der Waals surface area contributed by atoms with Gasteiger partial charge in [0.2, 0.25) is 0 Å². The molecule has 2 aromatic carbocycles. The summed E-state index contributed by atoms with van der Waals surface area (Å²) in [5, 5.41) is 14.3. The molecule has 0 aliphatic rings. The highest BCUT2D eigenvalue weighted by atomic mass is 79.9. The van der Waals surface area contributed by atoms with E-state index in [1.54, 1.807) is 12.3 Å². The molecule has 2 unspecified atom stereocenters. The first-order valence-corrected chi connectivity index (χ1v) is 12.4. The van der Waals surface area contributed by atoms with E-state index in [-0.39, 0.29) is 6.04 Å². The third-order valence-electron chi connectivity index (χ3n) is 5.20. The Labute approximate surface area is 204 Å². The van der Waals surface area contributed by atoms with E-state index >= 15 is 0 Å². The Hall–Kier alpha value is -2.70. The van der Waals surface area contributed by atoms with Gasteiger partial charge in [-0.1, -0.05) is 45.4 Å². The lowest BCUT2D eigenvalue weighted by Crippen LogP contribution is -2.42. The number of benzene rings is 2. The lowest BCUT2D eigenvalue weighted by Gasteiger charge is -2.29. The van der Waals surface area contributed by atoms with Gasteiger partial charge in [-0.3, -0.25) is 4.98 Å². The molecule has 33 heavy (non-hydrogen) atoms. The predicted molar refractivity (Wildman–Crippen MR) is 134 cm³/mol. The number of halogens is 1. The minimum absolute atomic E-state index is 0.302. The molecule has 2 aromatic heterocycles. The maximum atomic E-state index is 13.1. The third kappa shape index (κ3) is 5.28. The molecule has 0 radical (unpaired) electrons. The van der Waals surface area contributed by atoms with Gasteiger partial charge in [-0.05, 0) is 56.7 Å². The van der Waals surface area contributed by atoms with Crippen molar-refractivity contribution in [2.75, 3.05) is 0 Å². The zero-order valence-electron chi connectivity index (χ0n) is 18.5. The molecule has 0 saturated heterocycles. The number of rotatable bonds is 6. The lowest BCUT2D eigenvalue weighted by atomic mass is 9.94. The van der Waals surface area contributed by atoms with Crippen LogP contribution in [-0.4, -0.2) is 19.4 Å². The van der Waals surface area contributed by atoms with Gasteiger partial charge >= 0.3 is 0 Å². The normalized spacial score (nSPS) is 13.6. The van der Waals surface area contributed by atoms with Crippen LogP contribution in [0.1, 0.15) is 43.6 Å². The molecule has 0 aliphatic heterocycles. The zero-order valence-corrected chi connectivity index (χ0v) is 20.9. The van der Waals surface area contributed by atoms with Crippen molar-refractivity contribution < 1.29 is 9.08 Å². The van der Waals surface area contributed by atoms with Gasteiger partial charge in [0.15, 0.2) is 5.58 Å². The lowest BCUT2D eigenvalue weighted by molar-refractivity contribution is 0.459. The van der Waals surface area contributed by atoms with Gasteiger partial charge in [0.25, 0.3) is 0 Å². The van der Waals surface area contributed by atoms with Crippen LogP contribution in [0.4, 0.5) is 0 Å². The van der Waals surface area contributed by atoms with Crippen LogP contribution >= 0.6 is 15.9 Å². The molecule has 0 aliphatic carbocycles. The molecule has 0 bridgehead atoms. The van der Waals surface area contributed by atoms with Crippen molar-refractivity contribution in [1.29, 1.82) is 5.26 Å². The summed E-state index contributed by atoms with van der Waals surface area (Å²) in [6, 6.07) is 19.1. The van der Waals surface area contributed by atoms with Gasteiger partial charge in [-0.25, -0.2) is 0 Å². The van der Waals surface area contributed by atoms with Crippen LogP contribution in [0, 0.1) is 11.3 Å². The van der Waals surface area contributed by atoms with E-state index in [2.05, 4.69) is 36.9 Å². The number of nitrogens with zero attached hydrogens (tertiary/aromatic N) is 3. The maximum Gasteiger partial charge on any atom is 0.168 e. The number of nitriles is 1. The van der Waals surface area contributed by atoms with Gasteiger partial charge in [0, 0.05) is 45.1 Å². The second kappa shape index (κ2) is 9.65. The van der Waals surface area contributed by atoms with Crippen LogP contribution in [-0.2, 0) is 17.8 Å². The molecule has 0 fully saturated rings. The third-order valence-corrected chi connectivity index (χ3v) is 7.30. The van der Waals surface area contributed by atoms with Gasteiger partial charge in [0.1, 0.15) is 16.5 Å². The van der Waals surface area contributed by atoms with Crippen molar-refractivity contribution in [2.45, 2.75) is 38.0 Å². The van der Waals surface area contributed by atoms with Crippen molar-refractivity contribution >= 4 is 38.3 Å². The molecule has 168 valence electrons. The summed E-state index contributed by atoms with van der Waals surface area (Å²) in [7, 11) is 0. The highest BCUT2D eigenvalue weighted by Gasteiger charge is 2.31. The number of nitrogens with one attached hydrogen (secondary N) is 1. The molecule has 0 saturated carbocycles. The first-order valence-electron chi connectivity index (χ1n) is 10.4. The predicted octanol–water partition coefficient (Wildman–Crippen LogP) is 5.86. The van der Waals surface area contributed by atoms with Gasteiger partial charge < -0.3 is 9.08 Å². The molecule has 0 spiro atoms. The summed E-state index contributed by atoms with van der Waals surface area (Å²) in [5.41, 5.74) is 4.55. The van der Waals surface area contributed by atoms with E-state index in [1.165, 1.54) is 0 Å². The number of fused-ring (bicyclic) bond motifs is 1. The van der Waals surface area contributed by atoms with Crippen LogP contribution in [0.3, 0.4) is 0 Å². The molecule has 2 atom stereocenters. The first kappa shape index (κ1) is 23.5. The van der Waals surface area contributed by atoms with Crippen molar-refractivity contribution in [1.82, 2.24) is 14.9 Å².